The van der Waals surface area contributed by atoms with Crippen LogP contribution in [0.4, 0.5) is 4.79 Å². The molecule has 11 heteroatoms. The van der Waals surface area contributed by atoms with Gasteiger partial charge in [-0.2, -0.15) is 9.59 Å². The Kier molecular flexibility index (Phi) is 33.8. The Bertz CT molecular complexity index is 270. The molecule has 2 aliphatic heterocycles. The third kappa shape index (κ3) is 24.5. The monoisotopic (exact) mass is 883 g/mol. The molecule has 6 nitrogen and oxygen atoms in total. The fourth-order valence-electron chi connectivity index (χ4n) is 0.816. The first-order valence-corrected chi connectivity index (χ1v) is 24.2. The molecular weight excluding hydrogens is 863 g/mol. The molecule has 4 atom stereocenters. The number of hydrogen-bond donors (Lipinski definition) is 0. The summed E-state index contributed by atoms with van der Waals surface area (Å²) < 4.78 is 14.1. The average molecular weight is 883 g/mol. The molecule has 2 saturated heterocycles. The van der Waals surface area contributed by atoms with Gasteiger partial charge in [0.2, 0.25) is 0 Å². The maximum atomic E-state index is 10.2. The van der Waals surface area contributed by atoms with Gasteiger partial charge in [-0.15, -0.1) is 0 Å². The Morgan fingerprint density at radius 1 is 0.909 bits per heavy atom. The van der Waals surface area contributed by atoms with E-state index in [-0.39, 0.29) is 25.8 Å². The second-order valence-electron chi connectivity index (χ2n) is 3.58. The van der Waals surface area contributed by atoms with Gasteiger partial charge in [0.1, 0.15) is 12.2 Å². The van der Waals surface area contributed by atoms with Gasteiger partial charge in [0.25, 0.3) is 0 Å². The maximum absolute atomic E-state index is 10.2. The normalized spacial score (nSPS) is 26.1. The van der Waals surface area contributed by atoms with Crippen molar-refractivity contribution in [3.63, 3.8) is 0 Å². The number of carbonyl (C=O) groups excluding carboxylic acids is 3. The zero-order valence-electron chi connectivity index (χ0n) is 11.6. The van der Waals surface area contributed by atoms with Crippen LogP contribution >= 0.6 is 74.5 Å². The van der Waals surface area contributed by atoms with Crippen molar-refractivity contribution < 1.29 is 41.8 Å². The number of epoxide rings is 1. The predicted octanol–water partition coefficient (Wildman–Crippen LogP) is 2.32. The molecule has 22 heavy (non-hydrogen) atoms. The quantitative estimate of drug-likeness (QED) is 0.212. The molecule has 0 aliphatic carbocycles. The standard InChI is InChI=1S/C5H8O3.C4H8O.CO2.CH4.I3.I2/c1-3-4(2)8-5(6)7-3;1-3-4(2)5-3;2-1-3;;1-3-2;1-2/h3-4H,1-2H3;3-4H,1-2H3;;1H4;;/q;;;;-1;. The first-order chi connectivity index (χ1) is 9.83. The molecule has 2 rings (SSSR count). The Balaban J connectivity index is -0.000000101. The zero-order valence-corrected chi connectivity index (χ0v) is 22.4. The number of rotatable bonds is 0. The van der Waals surface area contributed by atoms with Crippen molar-refractivity contribution >= 4 is 86.8 Å². The van der Waals surface area contributed by atoms with E-state index in [1.54, 1.807) is 13.8 Å². The summed E-state index contributed by atoms with van der Waals surface area (Å²) in [6.07, 6.45) is 0.639. The number of carbonyl (C=O) groups is 1. The van der Waals surface area contributed by atoms with Gasteiger partial charge in [-0.25, -0.2) is 4.79 Å². The molecule has 136 valence electrons. The van der Waals surface area contributed by atoms with Gasteiger partial charge in [0.05, 0.1) is 12.2 Å². The molecule has 2 fully saturated rings. The Morgan fingerprint density at radius 3 is 1.14 bits per heavy atom. The van der Waals surface area contributed by atoms with Crippen LogP contribution in [-0.4, -0.2) is 36.7 Å². The predicted molar refractivity (Wildman–Crippen MR) is 114 cm³/mol. The molecule has 0 radical (unpaired) electrons. The molecule has 2 aliphatic rings. The summed E-state index contributed by atoms with van der Waals surface area (Å²) >= 11 is 9.54. The molecule has 0 aromatic carbocycles. The molecule has 0 spiro atoms. The van der Waals surface area contributed by atoms with Crippen molar-refractivity contribution in [2.45, 2.75) is 59.5 Å². The van der Waals surface area contributed by atoms with Gasteiger partial charge in [-0.1, -0.05) is 7.43 Å². The van der Waals surface area contributed by atoms with Crippen LogP contribution in [0, 0.1) is 0 Å². The Labute approximate surface area is 185 Å². The second-order valence-corrected chi connectivity index (χ2v) is 19.8. The van der Waals surface area contributed by atoms with Gasteiger partial charge in [-0.3, -0.25) is 0 Å². The molecule has 0 aromatic rings. The summed E-state index contributed by atoms with van der Waals surface area (Å²) in [6.45, 7) is 7.75. The third-order valence-electron chi connectivity index (χ3n) is 2.24. The van der Waals surface area contributed by atoms with Gasteiger partial charge < -0.3 is 14.2 Å². The first-order valence-electron chi connectivity index (χ1n) is 5.37. The third-order valence-corrected chi connectivity index (χ3v) is 2.24. The second kappa shape index (κ2) is 23.3. The van der Waals surface area contributed by atoms with Gasteiger partial charge in [-0.05, 0) is 27.7 Å². The minimum Gasteiger partial charge on any atom is -0.186 e. The summed E-state index contributed by atoms with van der Waals surface area (Å²) in [5.74, 6) is 0. The molecule has 0 bridgehead atoms. The smallest absolute Gasteiger partial charge is 0.186 e. The first kappa shape index (κ1) is 32.0. The Hall–Kier alpha value is 2.26. The van der Waals surface area contributed by atoms with E-state index < -0.39 is 6.16 Å². The van der Waals surface area contributed by atoms with Crippen LogP contribution in [-0.2, 0) is 23.8 Å². The topological polar surface area (TPSA) is 82.2 Å². The summed E-state index contributed by atoms with van der Waals surface area (Å²) in [4.78, 5) is 26.5. The number of hydrogen-bond acceptors (Lipinski definition) is 6. The Morgan fingerprint density at radius 2 is 1.09 bits per heavy atom. The van der Waals surface area contributed by atoms with Crippen LogP contribution in [0.3, 0.4) is 0 Å². The van der Waals surface area contributed by atoms with E-state index in [2.05, 4.69) is 97.8 Å². The summed E-state index contributed by atoms with van der Waals surface area (Å²) in [5, 5.41) is 0. The minimum absolute atomic E-state index is 0. The minimum atomic E-state index is -0.551. The summed E-state index contributed by atoms with van der Waals surface area (Å²) in [7, 11) is 0. The molecule has 0 N–H and O–H groups in total. The molecule has 4 unspecified atom stereocenters. The zero-order chi connectivity index (χ0) is 17.4. The van der Waals surface area contributed by atoms with Gasteiger partial charge in [0, 0.05) is 37.2 Å². The van der Waals surface area contributed by atoms with Gasteiger partial charge >= 0.3 is 62.8 Å². The number of ether oxygens (including phenoxy) is 3. The van der Waals surface area contributed by atoms with E-state index in [1.807, 2.05) is 0 Å². The molecule has 0 aromatic heterocycles. The van der Waals surface area contributed by atoms with Crippen molar-refractivity contribution in [3.05, 3.63) is 0 Å². The van der Waals surface area contributed by atoms with E-state index in [9.17, 15) is 4.79 Å². The van der Waals surface area contributed by atoms with E-state index in [0.717, 1.165) is 0 Å². The fraction of sp³-hybridized carbons (Fsp3) is 0.818. The van der Waals surface area contributed by atoms with E-state index in [0.29, 0.717) is 25.5 Å². The largest absolute Gasteiger partial charge is 0.373 e. The molecule has 0 amide bonds. The van der Waals surface area contributed by atoms with E-state index in [4.69, 9.17) is 14.3 Å². The molecule has 2 heterocycles. The molecule has 0 saturated carbocycles. The van der Waals surface area contributed by atoms with E-state index >= 15 is 0 Å². The van der Waals surface area contributed by atoms with Crippen LogP contribution in [0.2, 0.25) is 0 Å². The summed E-state index contributed by atoms with van der Waals surface area (Å²) in [5.41, 5.74) is 0. The van der Waals surface area contributed by atoms with Gasteiger partial charge in [0.15, 0.2) is 0 Å². The average Bonchev–Trinajstić information content (AvgIpc) is 2.97. The van der Waals surface area contributed by atoms with Crippen LogP contribution in [0.15, 0.2) is 0 Å². The van der Waals surface area contributed by atoms with Crippen molar-refractivity contribution in [1.29, 1.82) is 0 Å². The van der Waals surface area contributed by atoms with Crippen LogP contribution in [0.1, 0.15) is 35.1 Å². The van der Waals surface area contributed by atoms with E-state index in [1.165, 1.54) is 0 Å². The molecular formula is C11H20I5O6-. The van der Waals surface area contributed by atoms with Crippen molar-refractivity contribution in [1.82, 2.24) is 0 Å². The van der Waals surface area contributed by atoms with Crippen molar-refractivity contribution in [3.8, 4) is 0 Å². The summed E-state index contributed by atoms with van der Waals surface area (Å²) in [6, 6.07) is 0. The maximum Gasteiger partial charge on any atom is 0.373 e. The van der Waals surface area contributed by atoms with Crippen LogP contribution in [0.5, 0.6) is 0 Å². The number of cyclic esters (lactones) is 2. The number of halogens is 5. The van der Waals surface area contributed by atoms with Crippen LogP contribution in [0.25, 0.3) is 0 Å². The van der Waals surface area contributed by atoms with Crippen molar-refractivity contribution in [2.24, 2.45) is 0 Å². The SMILES string of the molecule is C.CC1OC(=O)OC1C.CC1OC1C.II.I[I-]I.O=C=O. The van der Waals surface area contributed by atoms with Crippen LogP contribution < -0.4 is 13.3 Å². The fourth-order valence-corrected chi connectivity index (χ4v) is 0.816. The van der Waals surface area contributed by atoms with Crippen molar-refractivity contribution in [2.75, 3.05) is 0 Å².